The van der Waals surface area contributed by atoms with Crippen molar-refractivity contribution in [2.45, 2.75) is 54.4 Å². The number of piperazine rings is 1. The number of benzene rings is 2. The highest BCUT2D eigenvalue weighted by Gasteiger charge is 2.22. The van der Waals surface area contributed by atoms with Crippen molar-refractivity contribution in [1.29, 1.82) is 0 Å². The van der Waals surface area contributed by atoms with Gasteiger partial charge in [-0.25, -0.2) is 18.0 Å². The molecule has 0 spiro atoms. The monoisotopic (exact) mass is 636 g/mol. The Bertz CT molecular complexity index is 1280. The van der Waals surface area contributed by atoms with Gasteiger partial charge in [0.2, 0.25) is 10.0 Å². The van der Waals surface area contributed by atoms with Crippen LogP contribution in [0.2, 0.25) is 0 Å². The zero-order valence-electron chi connectivity index (χ0n) is 27.0. The fraction of sp³-hybridized carbons (Fsp3) is 0.516. The lowest BCUT2D eigenvalue weighted by Gasteiger charge is -2.35. The van der Waals surface area contributed by atoms with Gasteiger partial charge in [0.05, 0.1) is 25.2 Å². The Hall–Kier alpha value is -4.00. The van der Waals surface area contributed by atoms with Crippen LogP contribution < -0.4 is 19.7 Å². The molecule has 2 aromatic rings. The minimum atomic E-state index is -3.67. The largest absolute Gasteiger partial charge is 0.480 e. The summed E-state index contributed by atoms with van der Waals surface area (Å²) >= 11 is 0. The number of esters is 1. The molecule has 0 saturated carbocycles. The summed E-state index contributed by atoms with van der Waals surface area (Å²) in [7, 11) is -3.67. The summed E-state index contributed by atoms with van der Waals surface area (Å²) < 4.78 is 41.5. The average molecular weight is 637 g/mol. The zero-order valence-corrected chi connectivity index (χ0v) is 27.8. The number of unbranched alkanes of at least 4 members (excludes halogenated alkanes) is 1. The molecule has 0 aromatic heterocycles. The van der Waals surface area contributed by atoms with Gasteiger partial charge in [-0.1, -0.05) is 41.0 Å². The van der Waals surface area contributed by atoms with Crippen LogP contribution in [0.3, 0.4) is 0 Å². The molecule has 1 fully saturated rings. The Morgan fingerprint density at radius 2 is 1.52 bits per heavy atom. The average Bonchev–Trinajstić information content (AvgIpc) is 3.02. The third kappa shape index (κ3) is 13.1. The van der Waals surface area contributed by atoms with E-state index in [1.807, 2.05) is 46.8 Å². The third-order valence-electron chi connectivity index (χ3n) is 5.94. The van der Waals surface area contributed by atoms with Gasteiger partial charge in [0.15, 0.2) is 6.61 Å². The van der Waals surface area contributed by atoms with E-state index in [-0.39, 0.29) is 24.1 Å². The Morgan fingerprint density at radius 3 is 2.09 bits per heavy atom. The Balaban J connectivity index is 0.00000232. The summed E-state index contributed by atoms with van der Waals surface area (Å²) in [6.07, 6.45) is 2.51. The highest BCUT2D eigenvalue weighted by Crippen LogP contribution is 2.29. The molecule has 2 aromatic carbocycles. The molecule has 1 aliphatic rings. The van der Waals surface area contributed by atoms with E-state index < -0.39 is 28.5 Å². The Labute approximate surface area is 262 Å². The summed E-state index contributed by atoms with van der Waals surface area (Å²) in [5.74, 6) is -0.882. The van der Waals surface area contributed by atoms with Gasteiger partial charge < -0.3 is 29.3 Å². The number of carbonyl (C=O) groups excluding carboxylic acids is 3. The third-order valence-corrected chi connectivity index (χ3v) is 6.53. The van der Waals surface area contributed by atoms with Crippen molar-refractivity contribution in [2.24, 2.45) is 0 Å². The van der Waals surface area contributed by atoms with Crippen molar-refractivity contribution in [3.8, 4) is 5.75 Å². The van der Waals surface area contributed by atoms with Crippen LogP contribution in [0.5, 0.6) is 5.75 Å². The first kappa shape index (κ1) is 38.0. The topological polar surface area (TPSA) is 144 Å². The first-order valence-electron chi connectivity index (χ1n) is 15.1. The first-order valence-corrected chi connectivity index (χ1v) is 17.0. The van der Waals surface area contributed by atoms with E-state index in [1.165, 1.54) is 18.2 Å². The maximum absolute atomic E-state index is 12.9. The van der Waals surface area contributed by atoms with Crippen molar-refractivity contribution < 1.29 is 37.0 Å². The van der Waals surface area contributed by atoms with E-state index in [9.17, 15) is 22.8 Å². The quantitative estimate of drug-likeness (QED) is 0.232. The minimum absolute atomic E-state index is 0.0633. The molecule has 1 aliphatic heterocycles. The number of hydrogen-bond donors (Lipinski definition) is 2. The molecular weight excluding hydrogens is 588 g/mol. The lowest BCUT2D eigenvalue weighted by Crippen LogP contribution is -2.49. The predicted molar refractivity (Wildman–Crippen MR) is 174 cm³/mol. The maximum atomic E-state index is 12.9. The molecule has 2 amide bonds. The number of anilines is 3. The van der Waals surface area contributed by atoms with Gasteiger partial charge in [-0.3, -0.25) is 9.52 Å². The van der Waals surface area contributed by atoms with Crippen LogP contribution in [0, 0.1) is 0 Å². The zero-order chi connectivity index (χ0) is 33.1. The SMILES string of the molecule is CC.CC.CCCCOC(=O)N1CCN(c2ccc(C(=O)Nc3ccc(OCC(=O)OCC)c(NS(C)(=O)=O)c3)cc2)CC1. The lowest BCUT2D eigenvalue weighted by molar-refractivity contribution is -0.145. The number of rotatable bonds is 12. The van der Waals surface area contributed by atoms with Crippen LogP contribution in [-0.2, 0) is 24.3 Å². The number of carbonyl (C=O) groups is 3. The van der Waals surface area contributed by atoms with Crippen molar-refractivity contribution >= 4 is 45.1 Å². The molecular formula is C31H48N4O8S. The van der Waals surface area contributed by atoms with Crippen LogP contribution in [0.15, 0.2) is 42.5 Å². The van der Waals surface area contributed by atoms with Gasteiger partial charge in [0.25, 0.3) is 5.91 Å². The number of nitrogens with one attached hydrogen (secondary N) is 2. The van der Waals surface area contributed by atoms with Crippen molar-refractivity contribution in [1.82, 2.24) is 4.90 Å². The van der Waals surface area contributed by atoms with E-state index in [2.05, 4.69) is 14.9 Å². The highest BCUT2D eigenvalue weighted by atomic mass is 32.2. The van der Waals surface area contributed by atoms with E-state index >= 15 is 0 Å². The second-order valence-electron chi connectivity index (χ2n) is 9.12. The Kier molecular flexibility index (Phi) is 17.3. The molecule has 0 radical (unpaired) electrons. The van der Waals surface area contributed by atoms with Crippen molar-refractivity contribution in [3.05, 3.63) is 48.0 Å². The van der Waals surface area contributed by atoms with Crippen LogP contribution in [0.25, 0.3) is 0 Å². The van der Waals surface area contributed by atoms with E-state index in [4.69, 9.17) is 14.2 Å². The summed E-state index contributed by atoms with van der Waals surface area (Å²) in [5, 5.41) is 2.74. The van der Waals surface area contributed by atoms with Crippen molar-refractivity contribution in [3.63, 3.8) is 0 Å². The number of ether oxygens (including phenoxy) is 3. The van der Waals surface area contributed by atoms with Crippen LogP contribution >= 0.6 is 0 Å². The molecule has 44 heavy (non-hydrogen) atoms. The van der Waals surface area contributed by atoms with Gasteiger partial charge in [-0.15, -0.1) is 0 Å². The molecule has 0 unspecified atom stereocenters. The van der Waals surface area contributed by atoms with E-state index in [0.29, 0.717) is 44.0 Å². The number of sulfonamides is 1. The standard InChI is InChI=1S/C27H36N4O8S.2C2H6/c1-4-6-17-38-27(34)31-15-13-30(14-16-31)22-10-7-20(8-11-22)26(33)28-21-9-12-24(39-19-25(32)37-5-2)23(18-21)29-40(3,35)36;2*1-2/h7-12,18,29H,4-6,13-17,19H2,1-3H3,(H,28,33);2*1-2H3. The second kappa shape index (κ2) is 20.0. The molecule has 0 atom stereocenters. The van der Waals surface area contributed by atoms with Crippen LogP contribution in [0.4, 0.5) is 21.9 Å². The molecule has 0 bridgehead atoms. The molecule has 12 nitrogen and oxygen atoms in total. The van der Waals surface area contributed by atoms with E-state index in [0.717, 1.165) is 24.8 Å². The molecule has 1 saturated heterocycles. The molecule has 13 heteroatoms. The first-order chi connectivity index (χ1) is 21.1. The van der Waals surface area contributed by atoms with E-state index in [1.54, 1.807) is 24.0 Å². The van der Waals surface area contributed by atoms with Gasteiger partial charge >= 0.3 is 12.1 Å². The van der Waals surface area contributed by atoms with Crippen molar-refractivity contribution in [2.75, 3.05) is 67.2 Å². The molecule has 0 aliphatic carbocycles. The van der Waals surface area contributed by atoms with Crippen LogP contribution in [0.1, 0.15) is 64.7 Å². The molecule has 246 valence electrons. The molecule has 3 rings (SSSR count). The number of amides is 2. The second-order valence-corrected chi connectivity index (χ2v) is 10.9. The van der Waals surface area contributed by atoms with Gasteiger partial charge in [0.1, 0.15) is 5.75 Å². The van der Waals surface area contributed by atoms with Gasteiger partial charge in [-0.05, 0) is 55.8 Å². The highest BCUT2D eigenvalue weighted by molar-refractivity contribution is 7.92. The summed E-state index contributed by atoms with van der Waals surface area (Å²) in [4.78, 5) is 40.5. The summed E-state index contributed by atoms with van der Waals surface area (Å²) in [6, 6.07) is 11.5. The van der Waals surface area contributed by atoms with Gasteiger partial charge in [-0.2, -0.15) is 0 Å². The lowest BCUT2D eigenvalue weighted by atomic mass is 10.1. The van der Waals surface area contributed by atoms with Gasteiger partial charge in [0, 0.05) is 43.1 Å². The molecule has 2 N–H and O–H groups in total. The fourth-order valence-corrected chi connectivity index (χ4v) is 4.48. The number of nitrogens with zero attached hydrogens (tertiary/aromatic N) is 2. The normalized spacial score (nSPS) is 12.4. The van der Waals surface area contributed by atoms with Crippen LogP contribution in [-0.4, -0.2) is 83.5 Å². The maximum Gasteiger partial charge on any atom is 0.409 e. The fourth-order valence-electron chi connectivity index (χ4n) is 3.92. The number of hydrogen-bond acceptors (Lipinski definition) is 9. The minimum Gasteiger partial charge on any atom is -0.480 e. The smallest absolute Gasteiger partial charge is 0.409 e. The predicted octanol–water partition coefficient (Wildman–Crippen LogP) is 5.36. The summed E-state index contributed by atoms with van der Waals surface area (Å²) in [6.45, 7) is 14.3. The molecule has 1 heterocycles. The summed E-state index contributed by atoms with van der Waals surface area (Å²) in [5.41, 5.74) is 1.72. The Morgan fingerprint density at radius 1 is 0.886 bits per heavy atom.